The predicted octanol–water partition coefficient (Wildman–Crippen LogP) is 3.94. The van der Waals surface area contributed by atoms with Crippen molar-refractivity contribution in [2.45, 2.75) is 0 Å². The van der Waals surface area contributed by atoms with E-state index in [9.17, 15) is 14.4 Å². The van der Waals surface area contributed by atoms with Crippen LogP contribution in [0.25, 0.3) is 11.0 Å². The van der Waals surface area contributed by atoms with Crippen LogP contribution in [-0.2, 0) is 14.1 Å². The van der Waals surface area contributed by atoms with Crippen molar-refractivity contribution >= 4 is 34.2 Å². The van der Waals surface area contributed by atoms with Gasteiger partial charge < -0.3 is 23.9 Å². The molecule has 1 amide bonds. The van der Waals surface area contributed by atoms with Crippen LogP contribution in [0.3, 0.4) is 0 Å². The minimum Gasteiger partial charge on any atom is -0.497 e. The maximum Gasteiger partial charge on any atom is 0.316 e. The molecule has 0 aliphatic carbocycles. The molecule has 0 aliphatic rings. The van der Waals surface area contributed by atoms with Crippen molar-refractivity contribution in [3.05, 3.63) is 92.0 Å². The third-order valence-electron chi connectivity index (χ3n) is 5.23. The van der Waals surface area contributed by atoms with Gasteiger partial charge in [-0.1, -0.05) is 11.6 Å². The van der Waals surface area contributed by atoms with Gasteiger partial charge in [0.15, 0.2) is 5.75 Å². The molecule has 0 aliphatic heterocycles. The van der Waals surface area contributed by atoms with Crippen molar-refractivity contribution in [2.24, 2.45) is 14.1 Å². The molecule has 168 valence electrons. The van der Waals surface area contributed by atoms with Crippen LogP contribution < -0.4 is 25.9 Å². The first-order valence-corrected chi connectivity index (χ1v) is 10.3. The SMILES string of the molecule is COc1ccc(Oc2cc3c(cc2NC(=O)c2ccc(Cl)cc2)n(C)c(=O)c(=O)n3C)cc1. The number of ether oxygens (including phenoxy) is 2. The highest BCUT2D eigenvalue weighted by Crippen LogP contribution is 2.34. The summed E-state index contributed by atoms with van der Waals surface area (Å²) in [4.78, 5) is 37.5. The van der Waals surface area contributed by atoms with E-state index in [1.807, 2.05) is 0 Å². The van der Waals surface area contributed by atoms with Gasteiger partial charge in [-0.25, -0.2) is 0 Å². The number of hydrogen-bond acceptors (Lipinski definition) is 5. The summed E-state index contributed by atoms with van der Waals surface area (Å²) in [5, 5.41) is 3.34. The molecular weight excluding hydrogens is 446 g/mol. The number of halogens is 1. The molecule has 0 unspecified atom stereocenters. The highest BCUT2D eigenvalue weighted by Gasteiger charge is 2.17. The molecule has 33 heavy (non-hydrogen) atoms. The van der Waals surface area contributed by atoms with E-state index in [1.54, 1.807) is 67.8 Å². The van der Waals surface area contributed by atoms with E-state index in [4.69, 9.17) is 21.1 Å². The molecule has 1 aromatic heterocycles. The van der Waals surface area contributed by atoms with Crippen molar-refractivity contribution in [1.82, 2.24) is 9.13 Å². The maximum absolute atomic E-state index is 12.9. The van der Waals surface area contributed by atoms with Crippen molar-refractivity contribution in [2.75, 3.05) is 12.4 Å². The van der Waals surface area contributed by atoms with Crippen LogP contribution >= 0.6 is 11.6 Å². The van der Waals surface area contributed by atoms with Gasteiger partial charge in [0.05, 0.1) is 23.8 Å². The lowest BCUT2D eigenvalue weighted by molar-refractivity contribution is 0.102. The van der Waals surface area contributed by atoms with Gasteiger partial charge in [-0.3, -0.25) is 14.4 Å². The van der Waals surface area contributed by atoms with Crippen molar-refractivity contribution in [3.8, 4) is 17.2 Å². The number of rotatable bonds is 5. The Morgan fingerprint density at radius 1 is 0.848 bits per heavy atom. The lowest BCUT2D eigenvalue weighted by Gasteiger charge is -2.16. The number of anilines is 1. The summed E-state index contributed by atoms with van der Waals surface area (Å²) in [5.41, 5.74) is 0.295. The Morgan fingerprint density at radius 3 is 1.97 bits per heavy atom. The molecule has 9 heteroatoms. The Hall–Kier alpha value is -4.04. The van der Waals surface area contributed by atoms with E-state index in [-0.39, 0.29) is 5.91 Å². The molecule has 1 heterocycles. The zero-order valence-corrected chi connectivity index (χ0v) is 18.8. The second-order valence-corrected chi connectivity index (χ2v) is 7.74. The van der Waals surface area contributed by atoms with E-state index in [0.717, 1.165) is 0 Å². The molecular formula is C24H20ClN3O5. The average molecular weight is 466 g/mol. The van der Waals surface area contributed by atoms with Gasteiger partial charge >= 0.3 is 11.1 Å². The Kier molecular flexibility index (Phi) is 5.93. The van der Waals surface area contributed by atoms with Crippen LogP contribution in [0.1, 0.15) is 10.4 Å². The maximum atomic E-state index is 12.9. The number of amides is 1. The molecule has 4 rings (SSSR count). The fourth-order valence-electron chi connectivity index (χ4n) is 3.35. The Labute approximate surface area is 193 Å². The quantitative estimate of drug-likeness (QED) is 0.451. The first kappa shape index (κ1) is 22.2. The third-order valence-corrected chi connectivity index (χ3v) is 5.49. The highest BCUT2D eigenvalue weighted by atomic mass is 35.5. The normalized spacial score (nSPS) is 10.8. The van der Waals surface area contributed by atoms with Gasteiger partial charge in [-0.05, 0) is 54.6 Å². The Balaban J connectivity index is 1.84. The average Bonchev–Trinajstić information content (AvgIpc) is 2.83. The van der Waals surface area contributed by atoms with Crippen LogP contribution in [0.2, 0.25) is 5.02 Å². The van der Waals surface area contributed by atoms with Gasteiger partial charge in [-0.15, -0.1) is 0 Å². The Bertz CT molecular complexity index is 1470. The third kappa shape index (κ3) is 4.33. The monoisotopic (exact) mass is 465 g/mol. The predicted molar refractivity (Wildman–Crippen MR) is 127 cm³/mol. The number of nitrogens with one attached hydrogen (secondary N) is 1. The summed E-state index contributed by atoms with van der Waals surface area (Å²) in [7, 11) is 4.57. The molecule has 0 saturated carbocycles. The van der Waals surface area contributed by atoms with Crippen molar-refractivity contribution < 1.29 is 14.3 Å². The number of methoxy groups -OCH3 is 1. The number of nitrogens with zero attached hydrogens (tertiary/aromatic N) is 2. The number of aromatic nitrogens is 2. The van der Waals surface area contributed by atoms with Crippen LogP contribution in [-0.4, -0.2) is 22.2 Å². The van der Waals surface area contributed by atoms with E-state index in [1.165, 1.54) is 23.2 Å². The molecule has 0 radical (unpaired) electrons. The van der Waals surface area contributed by atoms with Crippen molar-refractivity contribution in [1.29, 1.82) is 0 Å². The summed E-state index contributed by atoms with van der Waals surface area (Å²) in [6, 6.07) is 16.5. The lowest BCUT2D eigenvalue weighted by Crippen LogP contribution is -2.39. The van der Waals surface area contributed by atoms with E-state index in [0.29, 0.717) is 44.6 Å². The van der Waals surface area contributed by atoms with Gasteiger partial charge in [0.2, 0.25) is 0 Å². The number of carbonyl (C=O) groups is 1. The largest absolute Gasteiger partial charge is 0.497 e. The van der Waals surface area contributed by atoms with E-state index >= 15 is 0 Å². The van der Waals surface area contributed by atoms with Gasteiger partial charge in [0.1, 0.15) is 11.5 Å². The zero-order chi connectivity index (χ0) is 23.7. The molecule has 4 aromatic rings. The van der Waals surface area contributed by atoms with Crippen LogP contribution in [0.15, 0.2) is 70.3 Å². The molecule has 0 spiro atoms. The molecule has 0 bridgehead atoms. The number of benzene rings is 3. The second-order valence-electron chi connectivity index (χ2n) is 7.30. The first-order valence-electron chi connectivity index (χ1n) is 9.91. The van der Waals surface area contributed by atoms with Gasteiger partial charge in [-0.2, -0.15) is 0 Å². The topological polar surface area (TPSA) is 91.6 Å². The lowest BCUT2D eigenvalue weighted by atomic mass is 10.2. The molecule has 3 aromatic carbocycles. The molecule has 0 saturated heterocycles. The molecule has 0 atom stereocenters. The summed E-state index contributed by atoms with van der Waals surface area (Å²) < 4.78 is 13.7. The fraction of sp³-hybridized carbons (Fsp3) is 0.125. The minimum absolute atomic E-state index is 0.295. The zero-order valence-electron chi connectivity index (χ0n) is 18.1. The molecule has 0 fully saturated rings. The number of carbonyl (C=O) groups excluding carboxylic acids is 1. The molecule has 8 nitrogen and oxygen atoms in total. The van der Waals surface area contributed by atoms with E-state index < -0.39 is 11.1 Å². The fourth-order valence-corrected chi connectivity index (χ4v) is 3.48. The van der Waals surface area contributed by atoms with Crippen molar-refractivity contribution in [3.63, 3.8) is 0 Å². The standard InChI is InChI=1S/C24H20ClN3O5/c1-27-19-12-18(26-22(29)14-4-6-15(25)7-5-14)21(13-20(19)28(2)24(31)23(27)30)33-17-10-8-16(32-3)9-11-17/h4-13H,1-3H3,(H,26,29). The number of fused-ring (bicyclic) bond motifs is 1. The summed E-state index contributed by atoms with van der Waals surface area (Å²) in [6.07, 6.45) is 0. The first-order chi connectivity index (χ1) is 15.8. The molecule has 1 N–H and O–H groups in total. The van der Waals surface area contributed by atoms with Gasteiger partial charge in [0, 0.05) is 30.7 Å². The smallest absolute Gasteiger partial charge is 0.316 e. The van der Waals surface area contributed by atoms with Crippen LogP contribution in [0.4, 0.5) is 5.69 Å². The number of hydrogen-bond donors (Lipinski definition) is 1. The van der Waals surface area contributed by atoms with Crippen LogP contribution in [0, 0.1) is 0 Å². The summed E-state index contributed by atoms with van der Waals surface area (Å²) in [6.45, 7) is 0. The minimum atomic E-state index is -0.677. The summed E-state index contributed by atoms with van der Waals surface area (Å²) >= 11 is 5.92. The summed E-state index contributed by atoms with van der Waals surface area (Å²) in [5.74, 6) is 1.06. The second kappa shape index (κ2) is 8.84. The highest BCUT2D eigenvalue weighted by molar-refractivity contribution is 6.30. The van der Waals surface area contributed by atoms with E-state index in [2.05, 4.69) is 5.32 Å². The van der Waals surface area contributed by atoms with Crippen LogP contribution in [0.5, 0.6) is 17.2 Å². The Morgan fingerprint density at radius 2 is 1.39 bits per heavy atom. The number of aryl methyl sites for hydroxylation is 2. The van der Waals surface area contributed by atoms with Gasteiger partial charge in [0.25, 0.3) is 5.91 Å².